The summed E-state index contributed by atoms with van der Waals surface area (Å²) in [5.41, 5.74) is 9.70. The molecule has 1 aliphatic heterocycles. The highest BCUT2D eigenvalue weighted by Crippen LogP contribution is 2.29. The SMILES string of the molecule is NCc1cccc(C2CCN(C(=O)c3ccc4nccc(B(O)O)c4c3)CC2)c1. The molecule has 0 radical (unpaired) electrons. The largest absolute Gasteiger partial charge is 0.489 e. The van der Waals surface area contributed by atoms with E-state index in [9.17, 15) is 14.8 Å². The number of amides is 1. The molecule has 7 heteroatoms. The Morgan fingerprint density at radius 2 is 1.93 bits per heavy atom. The average Bonchev–Trinajstić information content (AvgIpc) is 2.77. The maximum atomic E-state index is 13.0. The first-order valence-electron chi connectivity index (χ1n) is 9.90. The number of hydrogen-bond acceptors (Lipinski definition) is 5. The fraction of sp³-hybridized carbons (Fsp3) is 0.273. The minimum absolute atomic E-state index is 0.0386. The molecule has 0 saturated carbocycles. The third-order valence-electron chi connectivity index (χ3n) is 5.74. The fourth-order valence-corrected chi connectivity index (χ4v) is 4.10. The van der Waals surface area contributed by atoms with Crippen molar-refractivity contribution >= 4 is 29.4 Å². The van der Waals surface area contributed by atoms with Crippen molar-refractivity contribution in [1.29, 1.82) is 0 Å². The molecular formula is C22H24BN3O3. The molecule has 0 atom stereocenters. The van der Waals surface area contributed by atoms with Crippen LogP contribution in [0, 0.1) is 0 Å². The van der Waals surface area contributed by atoms with Crippen LogP contribution in [-0.4, -0.2) is 46.0 Å². The number of carbonyl (C=O) groups is 1. The topological polar surface area (TPSA) is 99.7 Å². The van der Waals surface area contributed by atoms with Gasteiger partial charge in [-0.05, 0) is 59.6 Å². The number of fused-ring (bicyclic) bond motifs is 1. The maximum Gasteiger partial charge on any atom is 0.489 e. The van der Waals surface area contributed by atoms with Crippen molar-refractivity contribution in [3.8, 4) is 0 Å². The summed E-state index contributed by atoms with van der Waals surface area (Å²) in [4.78, 5) is 19.1. The molecule has 1 saturated heterocycles. The van der Waals surface area contributed by atoms with E-state index in [0.717, 1.165) is 18.4 Å². The van der Waals surface area contributed by atoms with E-state index in [1.807, 2.05) is 17.0 Å². The summed E-state index contributed by atoms with van der Waals surface area (Å²) in [5, 5.41) is 19.8. The van der Waals surface area contributed by atoms with Gasteiger partial charge in [-0.3, -0.25) is 9.78 Å². The van der Waals surface area contributed by atoms with Gasteiger partial charge in [0.05, 0.1) is 5.52 Å². The van der Waals surface area contributed by atoms with Gasteiger partial charge in [0.1, 0.15) is 0 Å². The summed E-state index contributed by atoms with van der Waals surface area (Å²) >= 11 is 0. The number of carbonyl (C=O) groups excluding carboxylic acids is 1. The van der Waals surface area contributed by atoms with E-state index in [-0.39, 0.29) is 5.91 Å². The van der Waals surface area contributed by atoms with Crippen molar-refractivity contribution in [3.05, 3.63) is 71.4 Å². The molecule has 0 spiro atoms. The first-order chi connectivity index (χ1) is 14.1. The standard InChI is InChI=1S/C22H24BN3O3/c24-14-15-2-1-3-17(12-15)16-7-10-26(11-8-16)22(27)18-4-5-21-19(13-18)20(23(28)29)6-9-25-21/h1-6,9,12-13,16,28-29H,7-8,10-11,14,24H2. The van der Waals surface area contributed by atoms with Crippen LogP contribution in [0.4, 0.5) is 0 Å². The van der Waals surface area contributed by atoms with E-state index in [1.165, 1.54) is 11.8 Å². The van der Waals surface area contributed by atoms with Crippen molar-refractivity contribution in [1.82, 2.24) is 9.88 Å². The van der Waals surface area contributed by atoms with Gasteiger partial charge in [-0.25, -0.2) is 0 Å². The number of benzene rings is 2. The number of nitrogens with two attached hydrogens (primary N) is 1. The van der Waals surface area contributed by atoms with Gasteiger partial charge >= 0.3 is 7.12 Å². The Labute approximate surface area is 170 Å². The van der Waals surface area contributed by atoms with Gasteiger partial charge in [0.25, 0.3) is 5.91 Å². The molecule has 2 aromatic carbocycles. The molecule has 1 aromatic heterocycles. The number of likely N-dealkylation sites (tertiary alicyclic amines) is 1. The number of nitrogens with zero attached hydrogens (tertiary/aromatic N) is 2. The number of aromatic nitrogens is 1. The summed E-state index contributed by atoms with van der Waals surface area (Å²) in [6, 6.07) is 15.2. The number of hydrogen-bond donors (Lipinski definition) is 3. The molecule has 0 unspecified atom stereocenters. The van der Waals surface area contributed by atoms with Gasteiger partial charge in [0, 0.05) is 36.8 Å². The van der Waals surface area contributed by atoms with Crippen LogP contribution in [0.2, 0.25) is 0 Å². The zero-order valence-electron chi connectivity index (χ0n) is 16.2. The summed E-state index contributed by atoms with van der Waals surface area (Å²) < 4.78 is 0. The van der Waals surface area contributed by atoms with Crippen LogP contribution in [0.25, 0.3) is 10.9 Å². The monoisotopic (exact) mass is 389 g/mol. The van der Waals surface area contributed by atoms with Crippen molar-refractivity contribution in [2.45, 2.75) is 25.3 Å². The van der Waals surface area contributed by atoms with Gasteiger partial charge < -0.3 is 20.7 Å². The molecule has 0 aliphatic carbocycles. The molecule has 4 N–H and O–H groups in total. The molecule has 2 heterocycles. The third-order valence-corrected chi connectivity index (χ3v) is 5.74. The number of pyridine rings is 1. The van der Waals surface area contributed by atoms with E-state index in [1.54, 1.807) is 24.3 Å². The normalized spacial score (nSPS) is 14.9. The Morgan fingerprint density at radius 3 is 2.66 bits per heavy atom. The van der Waals surface area contributed by atoms with Gasteiger partial charge in [-0.1, -0.05) is 24.3 Å². The molecular weight excluding hydrogens is 365 g/mol. The number of piperidine rings is 1. The summed E-state index contributed by atoms with van der Waals surface area (Å²) in [7, 11) is -1.61. The lowest BCUT2D eigenvalue weighted by molar-refractivity contribution is 0.0713. The highest BCUT2D eigenvalue weighted by Gasteiger charge is 2.25. The van der Waals surface area contributed by atoms with Crippen molar-refractivity contribution in [2.75, 3.05) is 13.1 Å². The summed E-state index contributed by atoms with van der Waals surface area (Å²) in [5.74, 6) is 0.394. The molecule has 29 heavy (non-hydrogen) atoms. The smallest absolute Gasteiger partial charge is 0.423 e. The van der Waals surface area contributed by atoms with E-state index in [2.05, 4.69) is 17.1 Å². The highest BCUT2D eigenvalue weighted by molar-refractivity contribution is 6.61. The lowest BCUT2D eigenvalue weighted by Gasteiger charge is -2.32. The first kappa shape index (κ1) is 19.6. The lowest BCUT2D eigenvalue weighted by atomic mass is 9.78. The molecule has 148 valence electrons. The van der Waals surface area contributed by atoms with Crippen molar-refractivity contribution in [3.63, 3.8) is 0 Å². The van der Waals surface area contributed by atoms with Gasteiger partial charge in [-0.2, -0.15) is 0 Å². The molecule has 4 rings (SSSR count). The van der Waals surface area contributed by atoms with Crippen LogP contribution in [0.1, 0.15) is 40.2 Å². The van der Waals surface area contributed by atoms with Gasteiger partial charge in [0.2, 0.25) is 0 Å². The Morgan fingerprint density at radius 1 is 1.14 bits per heavy atom. The predicted molar refractivity (Wildman–Crippen MR) is 114 cm³/mol. The molecule has 1 aliphatic rings. The second-order valence-corrected chi connectivity index (χ2v) is 7.52. The van der Waals surface area contributed by atoms with Crippen LogP contribution in [0.15, 0.2) is 54.7 Å². The van der Waals surface area contributed by atoms with Crippen LogP contribution in [0.5, 0.6) is 0 Å². The molecule has 1 fully saturated rings. The number of rotatable bonds is 4. The third kappa shape index (κ3) is 4.03. The average molecular weight is 389 g/mol. The molecule has 6 nitrogen and oxygen atoms in total. The minimum atomic E-state index is -1.61. The minimum Gasteiger partial charge on any atom is -0.423 e. The van der Waals surface area contributed by atoms with E-state index >= 15 is 0 Å². The maximum absolute atomic E-state index is 13.0. The molecule has 0 bridgehead atoms. The fourth-order valence-electron chi connectivity index (χ4n) is 4.10. The predicted octanol–water partition coefficient (Wildman–Crippen LogP) is 1.39. The van der Waals surface area contributed by atoms with Crippen LogP contribution < -0.4 is 11.2 Å². The van der Waals surface area contributed by atoms with E-state index < -0.39 is 7.12 Å². The Kier molecular flexibility index (Phi) is 5.62. The Balaban J connectivity index is 1.50. The van der Waals surface area contributed by atoms with Crippen LogP contribution in [0.3, 0.4) is 0 Å². The van der Waals surface area contributed by atoms with Gasteiger partial charge in [-0.15, -0.1) is 0 Å². The second-order valence-electron chi connectivity index (χ2n) is 7.52. The zero-order chi connectivity index (χ0) is 20.4. The molecule has 3 aromatic rings. The van der Waals surface area contributed by atoms with E-state index in [4.69, 9.17) is 5.73 Å². The quantitative estimate of drug-likeness (QED) is 0.586. The van der Waals surface area contributed by atoms with Crippen LogP contribution in [-0.2, 0) is 6.54 Å². The Bertz CT molecular complexity index is 1030. The molecule has 1 amide bonds. The highest BCUT2D eigenvalue weighted by atomic mass is 16.4. The summed E-state index contributed by atoms with van der Waals surface area (Å²) in [6.45, 7) is 1.92. The van der Waals surface area contributed by atoms with E-state index in [0.29, 0.717) is 47.5 Å². The Hall–Kier alpha value is -2.74. The second kappa shape index (κ2) is 8.33. The lowest BCUT2D eigenvalue weighted by Crippen LogP contribution is -2.38. The van der Waals surface area contributed by atoms with Crippen molar-refractivity contribution < 1.29 is 14.8 Å². The van der Waals surface area contributed by atoms with Crippen molar-refractivity contribution in [2.24, 2.45) is 5.73 Å². The van der Waals surface area contributed by atoms with Gasteiger partial charge in [0.15, 0.2) is 0 Å². The summed E-state index contributed by atoms with van der Waals surface area (Å²) in [6.07, 6.45) is 3.36. The first-order valence-corrected chi connectivity index (χ1v) is 9.90. The van der Waals surface area contributed by atoms with Crippen LogP contribution >= 0.6 is 0 Å². The zero-order valence-corrected chi connectivity index (χ0v) is 16.2.